The number of nitrogens with one attached hydrogen (secondary N) is 2. The van der Waals surface area contributed by atoms with Gasteiger partial charge in [0, 0.05) is 22.3 Å². The summed E-state index contributed by atoms with van der Waals surface area (Å²) in [7, 11) is 0. The van der Waals surface area contributed by atoms with Crippen molar-refractivity contribution in [3.05, 3.63) is 46.1 Å². The van der Waals surface area contributed by atoms with E-state index in [4.69, 9.17) is 23.2 Å². The van der Waals surface area contributed by atoms with Gasteiger partial charge in [-0.25, -0.2) is 0 Å². The van der Waals surface area contributed by atoms with Gasteiger partial charge in [0.2, 0.25) is 0 Å². The van der Waals surface area contributed by atoms with Crippen LogP contribution in [0, 0.1) is 0 Å². The van der Waals surface area contributed by atoms with Crippen molar-refractivity contribution in [1.29, 1.82) is 0 Å². The number of hydrogen-bond donors (Lipinski definition) is 2. The normalized spacial score (nSPS) is 10.4. The molecule has 0 aliphatic carbocycles. The molecule has 1 aromatic carbocycles. The summed E-state index contributed by atoms with van der Waals surface area (Å²) in [6, 6.07) is 8.18. The third-order valence-electron chi connectivity index (χ3n) is 3.10. The van der Waals surface area contributed by atoms with Gasteiger partial charge in [0.1, 0.15) is 5.82 Å². The number of unbranched alkanes of at least 4 members (excludes halogenated alkanes) is 2. The molecule has 7 heteroatoms. The number of amides is 1. The van der Waals surface area contributed by atoms with Crippen molar-refractivity contribution in [3.63, 3.8) is 0 Å². The van der Waals surface area contributed by atoms with E-state index in [0.717, 1.165) is 13.0 Å². The molecule has 23 heavy (non-hydrogen) atoms. The van der Waals surface area contributed by atoms with Crippen LogP contribution in [0.15, 0.2) is 30.3 Å². The average Bonchev–Trinajstić information content (AvgIpc) is 2.51. The second-order valence-electron chi connectivity index (χ2n) is 5.05. The third-order valence-corrected chi connectivity index (χ3v) is 3.54. The molecule has 1 aromatic heterocycles. The molecule has 5 nitrogen and oxygen atoms in total. The number of nitrogens with zero attached hydrogens (tertiary/aromatic N) is 2. The van der Waals surface area contributed by atoms with Gasteiger partial charge in [-0.2, -0.15) is 0 Å². The van der Waals surface area contributed by atoms with Crippen LogP contribution < -0.4 is 10.6 Å². The predicted octanol–water partition coefficient (Wildman–Crippen LogP) is 4.64. The Morgan fingerprint density at radius 3 is 2.43 bits per heavy atom. The van der Waals surface area contributed by atoms with E-state index < -0.39 is 0 Å². The summed E-state index contributed by atoms with van der Waals surface area (Å²) in [6.45, 7) is 3.00. The highest BCUT2D eigenvalue weighted by Crippen LogP contribution is 2.22. The lowest BCUT2D eigenvalue weighted by Gasteiger charge is -2.07. The molecule has 2 rings (SSSR count). The van der Waals surface area contributed by atoms with Gasteiger partial charge in [0.25, 0.3) is 5.91 Å². The quantitative estimate of drug-likeness (QED) is 0.712. The molecular weight excluding hydrogens is 335 g/mol. The molecule has 0 atom stereocenters. The van der Waals surface area contributed by atoms with Crippen molar-refractivity contribution in [3.8, 4) is 0 Å². The van der Waals surface area contributed by atoms with Crippen LogP contribution in [-0.2, 0) is 0 Å². The molecule has 2 N–H and O–H groups in total. The molecule has 0 unspecified atom stereocenters. The van der Waals surface area contributed by atoms with Gasteiger partial charge >= 0.3 is 0 Å². The molecule has 0 saturated carbocycles. The fourth-order valence-electron chi connectivity index (χ4n) is 1.96. The number of halogens is 2. The van der Waals surface area contributed by atoms with Crippen LogP contribution in [0.3, 0.4) is 0 Å². The van der Waals surface area contributed by atoms with Gasteiger partial charge in [-0.1, -0.05) is 43.0 Å². The molecule has 0 aliphatic rings. The van der Waals surface area contributed by atoms with Crippen LogP contribution in [0.25, 0.3) is 0 Å². The lowest BCUT2D eigenvalue weighted by molar-refractivity contribution is 0.102. The topological polar surface area (TPSA) is 66.9 Å². The Morgan fingerprint density at radius 2 is 1.83 bits per heavy atom. The first-order chi connectivity index (χ1) is 11.1. The summed E-state index contributed by atoms with van der Waals surface area (Å²) in [5, 5.41) is 14.7. The number of benzene rings is 1. The lowest BCUT2D eigenvalue weighted by atomic mass is 10.2. The first-order valence-electron chi connectivity index (χ1n) is 7.43. The fraction of sp³-hybridized carbons (Fsp3) is 0.312. The number of aromatic nitrogens is 2. The maximum Gasteiger partial charge on any atom is 0.276 e. The van der Waals surface area contributed by atoms with Crippen LogP contribution >= 0.6 is 23.2 Å². The van der Waals surface area contributed by atoms with E-state index in [-0.39, 0.29) is 11.6 Å². The number of carbonyl (C=O) groups excluding carboxylic acids is 1. The summed E-state index contributed by atoms with van der Waals surface area (Å²) in [6.07, 6.45) is 3.42. The van der Waals surface area contributed by atoms with Crippen molar-refractivity contribution in [2.24, 2.45) is 0 Å². The molecule has 1 amide bonds. The van der Waals surface area contributed by atoms with E-state index in [2.05, 4.69) is 27.8 Å². The van der Waals surface area contributed by atoms with E-state index in [1.807, 2.05) is 0 Å². The molecule has 1 heterocycles. The SMILES string of the molecule is CCCCCNc1ccc(C(=O)Nc2cc(Cl)cc(Cl)c2)nn1. The molecule has 0 fully saturated rings. The minimum atomic E-state index is -0.367. The minimum absolute atomic E-state index is 0.222. The van der Waals surface area contributed by atoms with Crippen molar-refractivity contribution < 1.29 is 4.79 Å². The van der Waals surface area contributed by atoms with Crippen molar-refractivity contribution in [2.45, 2.75) is 26.2 Å². The average molecular weight is 353 g/mol. The highest BCUT2D eigenvalue weighted by molar-refractivity contribution is 6.35. The van der Waals surface area contributed by atoms with E-state index in [9.17, 15) is 4.79 Å². The molecule has 122 valence electrons. The van der Waals surface area contributed by atoms with E-state index in [0.29, 0.717) is 21.6 Å². The largest absolute Gasteiger partial charge is 0.369 e. The van der Waals surface area contributed by atoms with E-state index >= 15 is 0 Å². The van der Waals surface area contributed by atoms with Gasteiger partial charge in [0.15, 0.2) is 5.69 Å². The predicted molar refractivity (Wildman–Crippen MR) is 94.5 cm³/mol. The van der Waals surface area contributed by atoms with E-state index in [1.165, 1.54) is 12.8 Å². The molecule has 0 aliphatic heterocycles. The van der Waals surface area contributed by atoms with Gasteiger partial charge in [-0.3, -0.25) is 4.79 Å². The zero-order valence-corrected chi connectivity index (χ0v) is 14.3. The van der Waals surface area contributed by atoms with Crippen molar-refractivity contribution >= 4 is 40.6 Å². The summed E-state index contributed by atoms with van der Waals surface area (Å²) in [5.41, 5.74) is 0.733. The Hall–Kier alpha value is -1.85. The van der Waals surface area contributed by atoms with Crippen molar-refractivity contribution in [2.75, 3.05) is 17.2 Å². The minimum Gasteiger partial charge on any atom is -0.369 e. The van der Waals surface area contributed by atoms with Crippen molar-refractivity contribution in [1.82, 2.24) is 10.2 Å². The second-order valence-corrected chi connectivity index (χ2v) is 5.92. The van der Waals surface area contributed by atoms with Gasteiger partial charge in [-0.15, -0.1) is 10.2 Å². The summed E-state index contributed by atoms with van der Waals surface area (Å²) in [4.78, 5) is 12.1. The molecule has 0 bridgehead atoms. The highest BCUT2D eigenvalue weighted by atomic mass is 35.5. The first-order valence-corrected chi connectivity index (χ1v) is 8.19. The van der Waals surface area contributed by atoms with Gasteiger partial charge in [0.05, 0.1) is 0 Å². The smallest absolute Gasteiger partial charge is 0.276 e. The van der Waals surface area contributed by atoms with Crippen LogP contribution in [-0.4, -0.2) is 22.6 Å². The Balaban J connectivity index is 1.94. The standard InChI is InChI=1S/C16H18Cl2N4O/c1-2-3-4-7-19-15-6-5-14(21-22-15)16(23)20-13-9-11(17)8-12(18)10-13/h5-6,8-10H,2-4,7H2,1H3,(H,19,22)(H,20,23). The number of anilines is 2. The summed E-state index contributed by atoms with van der Waals surface area (Å²) < 4.78 is 0. The number of hydrogen-bond acceptors (Lipinski definition) is 4. The molecule has 2 aromatic rings. The van der Waals surface area contributed by atoms with E-state index in [1.54, 1.807) is 30.3 Å². The molecule has 0 spiro atoms. The Bertz CT molecular complexity index is 641. The Kier molecular flexibility index (Phi) is 6.62. The van der Waals surface area contributed by atoms with Gasteiger partial charge < -0.3 is 10.6 Å². The zero-order chi connectivity index (χ0) is 16.7. The number of carbonyl (C=O) groups is 1. The van der Waals surface area contributed by atoms with Crippen LogP contribution in [0.4, 0.5) is 11.5 Å². The fourth-order valence-corrected chi connectivity index (χ4v) is 2.49. The maximum atomic E-state index is 12.1. The third kappa shape index (κ3) is 5.69. The molecular formula is C16H18Cl2N4O. The zero-order valence-electron chi connectivity index (χ0n) is 12.8. The first kappa shape index (κ1) is 17.5. The van der Waals surface area contributed by atoms with Crippen LogP contribution in [0.1, 0.15) is 36.7 Å². The Morgan fingerprint density at radius 1 is 1.09 bits per heavy atom. The monoisotopic (exact) mass is 352 g/mol. The highest BCUT2D eigenvalue weighted by Gasteiger charge is 2.09. The summed E-state index contributed by atoms with van der Waals surface area (Å²) >= 11 is 11.8. The lowest BCUT2D eigenvalue weighted by Crippen LogP contribution is -2.15. The van der Waals surface area contributed by atoms with Crippen LogP contribution in [0.2, 0.25) is 10.0 Å². The Labute approximate surface area is 145 Å². The maximum absolute atomic E-state index is 12.1. The summed E-state index contributed by atoms with van der Waals surface area (Å²) in [5.74, 6) is 0.289. The van der Waals surface area contributed by atoms with Crippen LogP contribution in [0.5, 0.6) is 0 Å². The number of rotatable bonds is 7. The molecule has 0 saturated heterocycles. The second kappa shape index (κ2) is 8.70. The van der Waals surface area contributed by atoms with Gasteiger partial charge in [-0.05, 0) is 36.8 Å². The molecule has 0 radical (unpaired) electrons.